The van der Waals surface area contributed by atoms with Crippen molar-refractivity contribution in [3.8, 4) is 5.75 Å². The van der Waals surface area contributed by atoms with E-state index in [0.717, 1.165) is 29.7 Å². The zero-order valence-corrected chi connectivity index (χ0v) is 14.8. The second-order valence-corrected chi connectivity index (χ2v) is 7.15. The van der Waals surface area contributed by atoms with Gasteiger partial charge in [-0.1, -0.05) is 0 Å². The number of likely N-dealkylation sites (tertiary alicyclic amines) is 1. The Hall–Kier alpha value is -2.05. The third kappa shape index (κ3) is 2.79. The van der Waals surface area contributed by atoms with Crippen LogP contribution in [0.5, 0.6) is 5.75 Å². The van der Waals surface area contributed by atoms with Gasteiger partial charge in [-0.3, -0.25) is 9.69 Å². The highest BCUT2D eigenvalue weighted by Crippen LogP contribution is 2.28. The molecule has 2 aromatic rings. The first-order valence-corrected chi connectivity index (χ1v) is 8.97. The Labute approximate surface area is 147 Å². The highest BCUT2D eigenvalue weighted by molar-refractivity contribution is 6.08. The molecule has 1 aromatic carbocycles. The summed E-state index contributed by atoms with van der Waals surface area (Å²) in [4.78, 5) is 15.5. The van der Waals surface area contributed by atoms with Crippen molar-refractivity contribution in [2.45, 2.75) is 31.8 Å². The van der Waals surface area contributed by atoms with Crippen LogP contribution in [-0.2, 0) is 11.8 Å². The van der Waals surface area contributed by atoms with Crippen LogP contribution in [0, 0.1) is 6.92 Å². The largest absolute Gasteiger partial charge is 0.508 e. The summed E-state index contributed by atoms with van der Waals surface area (Å²) in [7, 11) is 1.94. The number of amides is 1. The molecule has 2 fully saturated rings. The van der Waals surface area contributed by atoms with E-state index >= 15 is 0 Å². The van der Waals surface area contributed by atoms with Crippen LogP contribution in [0.4, 0.5) is 0 Å². The molecule has 1 aromatic heterocycles. The van der Waals surface area contributed by atoms with Gasteiger partial charge in [0.25, 0.3) is 5.91 Å². The molecule has 0 saturated carbocycles. The maximum atomic E-state index is 13.0. The van der Waals surface area contributed by atoms with Crippen molar-refractivity contribution < 1.29 is 14.6 Å². The van der Waals surface area contributed by atoms with Crippen LogP contribution in [0.15, 0.2) is 18.2 Å². The number of aromatic hydroxyl groups is 1. The fourth-order valence-electron chi connectivity index (χ4n) is 4.20. The molecule has 2 aliphatic rings. The topological polar surface area (TPSA) is 66.7 Å². The molecule has 0 spiro atoms. The van der Waals surface area contributed by atoms with Crippen molar-refractivity contribution in [2.24, 2.45) is 7.05 Å². The molecule has 2 N–H and O–H groups in total. The monoisotopic (exact) mass is 343 g/mol. The third-order valence-electron chi connectivity index (χ3n) is 5.68. The molecule has 0 unspecified atom stereocenters. The van der Waals surface area contributed by atoms with Gasteiger partial charge in [-0.05, 0) is 51.1 Å². The SMILES string of the molecule is Cc1c(C(=O)N[C@H]2COC[C@@H]2N2CCCC2)c2cc(O)ccc2n1C. The van der Waals surface area contributed by atoms with Crippen molar-refractivity contribution in [1.82, 2.24) is 14.8 Å². The van der Waals surface area contributed by atoms with Gasteiger partial charge in [-0.25, -0.2) is 0 Å². The number of aryl methyl sites for hydroxylation is 1. The lowest BCUT2D eigenvalue weighted by Gasteiger charge is -2.28. The van der Waals surface area contributed by atoms with Gasteiger partial charge in [0, 0.05) is 23.6 Å². The van der Waals surface area contributed by atoms with Gasteiger partial charge in [0.2, 0.25) is 0 Å². The van der Waals surface area contributed by atoms with E-state index in [-0.39, 0.29) is 23.7 Å². The summed E-state index contributed by atoms with van der Waals surface area (Å²) >= 11 is 0. The average molecular weight is 343 g/mol. The van der Waals surface area contributed by atoms with E-state index < -0.39 is 0 Å². The molecule has 6 nitrogen and oxygen atoms in total. The Kier molecular flexibility index (Phi) is 4.17. The number of phenolic OH excluding ortho intramolecular Hbond substituents is 1. The molecule has 0 aliphatic carbocycles. The summed E-state index contributed by atoms with van der Waals surface area (Å²) in [6.45, 7) is 5.35. The average Bonchev–Trinajstić information content (AvgIpc) is 3.29. The van der Waals surface area contributed by atoms with E-state index in [0.29, 0.717) is 18.8 Å². The summed E-state index contributed by atoms with van der Waals surface area (Å²) in [5, 5.41) is 13.8. The quantitative estimate of drug-likeness (QED) is 0.892. The maximum absolute atomic E-state index is 13.0. The zero-order valence-electron chi connectivity index (χ0n) is 14.8. The van der Waals surface area contributed by atoms with E-state index in [9.17, 15) is 9.90 Å². The number of hydrogen-bond donors (Lipinski definition) is 2. The van der Waals surface area contributed by atoms with Gasteiger partial charge in [0.05, 0.1) is 30.9 Å². The summed E-state index contributed by atoms with van der Waals surface area (Å²) < 4.78 is 7.65. The van der Waals surface area contributed by atoms with Gasteiger partial charge >= 0.3 is 0 Å². The van der Waals surface area contributed by atoms with E-state index in [1.807, 2.05) is 24.6 Å². The molecule has 2 saturated heterocycles. The number of carbonyl (C=O) groups is 1. The van der Waals surface area contributed by atoms with Crippen LogP contribution >= 0.6 is 0 Å². The number of rotatable bonds is 3. The molecule has 6 heteroatoms. The lowest BCUT2D eigenvalue weighted by molar-refractivity contribution is 0.0917. The summed E-state index contributed by atoms with van der Waals surface area (Å²) in [6, 6.07) is 5.44. The standard InChI is InChI=1S/C19H25N3O3/c1-12-18(14-9-13(23)5-6-16(14)21(12)2)19(24)20-15-10-25-11-17(15)22-7-3-4-8-22/h5-6,9,15,17,23H,3-4,7-8,10-11H2,1-2H3,(H,20,24)/t15-,17-/m0/s1. The minimum Gasteiger partial charge on any atom is -0.508 e. The Morgan fingerprint density at radius 1 is 1.28 bits per heavy atom. The second kappa shape index (κ2) is 6.35. The predicted octanol–water partition coefficient (Wildman–Crippen LogP) is 1.79. The zero-order chi connectivity index (χ0) is 17.6. The highest BCUT2D eigenvalue weighted by Gasteiger charge is 2.36. The number of fused-ring (bicyclic) bond motifs is 1. The van der Waals surface area contributed by atoms with Crippen LogP contribution in [0.1, 0.15) is 28.9 Å². The Morgan fingerprint density at radius 3 is 2.80 bits per heavy atom. The molecule has 25 heavy (non-hydrogen) atoms. The van der Waals surface area contributed by atoms with Gasteiger partial charge in [-0.2, -0.15) is 0 Å². The summed E-state index contributed by atoms with van der Waals surface area (Å²) in [5.41, 5.74) is 2.48. The number of ether oxygens (including phenoxy) is 1. The van der Waals surface area contributed by atoms with E-state index in [1.54, 1.807) is 12.1 Å². The lowest BCUT2D eigenvalue weighted by Crippen LogP contribution is -2.50. The predicted molar refractivity (Wildman–Crippen MR) is 96.0 cm³/mol. The van der Waals surface area contributed by atoms with E-state index in [1.165, 1.54) is 12.8 Å². The maximum Gasteiger partial charge on any atom is 0.254 e. The number of hydrogen-bond acceptors (Lipinski definition) is 4. The molecular formula is C19H25N3O3. The van der Waals surface area contributed by atoms with Crippen LogP contribution in [0.25, 0.3) is 10.9 Å². The summed E-state index contributed by atoms with van der Waals surface area (Å²) in [6.07, 6.45) is 2.44. The minimum atomic E-state index is -0.0894. The molecule has 2 atom stereocenters. The first-order chi connectivity index (χ1) is 12.1. The number of phenols is 1. The minimum absolute atomic E-state index is 0.0116. The number of aromatic nitrogens is 1. The van der Waals surface area contributed by atoms with Gasteiger partial charge in [0.1, 0.15) is 5.75 Å². The van der Waals surface area contributed by atoms with Crippen molar-refractivity contribution >= 4 is 16.8 Å². The van der Waals surface area contributed by atoms with Crippen molar-refractivity contribution in [3.63, 3.8) is 0 Å². The second-order valence-electron chi connectivity index (χ2n) is 7.15. The lowest BCUT2D eigenvalue weighted by atomic mass is 10.1. The van der Waals surface area contributed by atoms with E-state index in [4.69, 9.17) is 4.74 Å². The number of benzene rings is 1. The molecule has 3 heterocycles. The molecule has 4 rings (SSSR count). The summed E-state index contributed by atoms with van der Waals surface area (Å²) in [5.74, 6) is 0.0830. The van der Waals surface area contributed by atoms with Crippen molar-refractivity contribution in [2.75, 3.05) is 26.3 Å². The Bertz CT molecular complexity index is 808. The normalized spacial score (nSPS) is 24.2. The van der Waals surface area contributed by atoms with Crippen LogP contribution in [0.3, 0.4) is 0 Å². The molecule has 134 valence electrons. The van der Waals surface area contributed by atoms with Crippen LogP contribution in [-0.4, -0.2) is 58.9 Å². The Morgan fingerprint density at radius 2 is 2.04 bits per heavy atom. The van der Waals surface area contributed by atoms with Gasteiger partial charge in [-0.15, -0.1) is 0 Å². The van der Waals surface area contributed by atoms with Gasteiger partial charge < -0.3 is 19.7 Å². The van der Waals surface area contributed by atoms with Crippen LogP contribution < -0.4 is 5.32 Å². The number of nitrogens with one attached hydrogen (secondary N) is 1. The molecular weight excluding hydrogens is 318 g/mol. The van der Waals surface area contributed by atoms with Crippen molar-refractivity contribution in [1.29, 1.82) is 0 Å². The first-order valence-electron chi connectivity index (χ1n) is 8.97. The fourth-order valence-corrected chi connectivity index (χ4v) is 4.20. The van der Waals surface area contributed by atoms with Crippen LogP contribution in [0.2, 0.25) is 0 Å². The van der Waals surface area contributed by atoms with Gasteiger partial charge in [0.15, 0.2) is 0 Å². The highest BCUT2D eigenvalue weighted by atomic mass is 16.5. The molecule has 1 amide bonds. The molecule has 2 aliphatic heterocycles. The smallest absolute Gasteiger partial charge is 0.254 e. The third-order valence-corrected chi connectivity index (χ3v) is 5.68. The fraction of sp³-hybridized carbons (Fsp3) is 0.526. The molecule has 0 bridgehead atoms. The number of carbonyl (C=O) groups excluding carboxylic acids is 1. The number of nitrogens with zero attached hydrogens (tertiary/aromatic N) is 2. The Balaban J connectivity index is 1.62. The van der Waals surface area contributed by atoms with Crippen molar-refractivity contribution in [3.05, 3.63) is 29.5 Å². The molecule has 0 radical (unpaired) electrons. The first kappa shape index (κ1) is 16.4. The van der Waals surface area contributed by atoms with E-state index in [2.05, 4.69) is 10.2 Å².